The molecule has 0 spiro atoms. The number of amides is 2. The number of thiophene rings is 1. The van der Waals surface area contributed by atoms with Crippen molar-refractivity contribution >= 4 is 46.4 Å². The molecule has 2 heterocycles. The van der Waals surface area contributed by atoms with E-state index in [0.29, 0.717) is 19.0 Å². The van der Waals surface area contributed by atoms with Crippen LogP contribution in [0.4, 0.5) is 0 Å². The maximum absolute atomic E-state index is 13.5. The van der Waals surface area contributed by atoms with Gasteiger partial charge in [-0.05, 0) is 53.8 Å². The first kappa shape index (κ1) is 23.1. The minimum absolute atomic E-state index is 0.0106. The molecule has 0 radical (unpaired) electrons. The van der Waals surface area contributed by atoms with Gasteiger partial charge in [0.2, 0.25) is 5.91 Å². The van der Waals surface area contributed by atoms with Gasteiger partial charge in [-0.3, -0.25) is 9.59 Å². The average Bonchev–Trinajstić information content (AvgIpc) is 3.19. The zero-order chi connectivity index (χ0) is 21.8. The Labute approximate surface area is 192 Å². The summed E-state index contributed by atoms with van der Waals surface area (Å²) < 4.78 is 0. The Kier molecular flexibility index (Phi) is 7.83. The van der Waals surface area contributed by atoms with E-state index in [1.54, 1.807) is 11.3 Å². The lowest BCUT2D eigenvalue weighted by Gasteiger charge is -2.38. The maximum Gasteiger partial charge on any atom is 0.256 e. The number of rotatable bonds is 7. The second-order valence-corrected chi connectivity index (χ2v) is 10.2. The summed E-state index contributed by atoms with van der Waals surface area (Å²) in [6.45, 7) is 7.32. The Morgan fingerprint density at radius 2 is 1.93 bits per heavy atom. The first-order chi connectivity index (χ1) is 14.3. The molecule has 1 aromatic carbocycles. The van der Waals surface area contributed by atoms with E-state index in [9.17, 15) is 9.59 Å². The number of hydrogen-bond donors (Lipinski definition) is 0. The highest BCUT2D eigenvalue weighted by molar-refractivity contribution is 7.10. The van der Waals surface area contributed by atoms with E-state index in [1.165, 1.54) is 15.3 Å². The van der Waals surface area contributed by atoms with E-state index in [2.05, 4.69) is 44.4 Å². The molecule has 1 unspecified atom stereocenters. The average molecular weight is 467 g/mol. The molecule has 0 saturated heterocycles. The van der Waals surface area contributed by atoms with Gasteiger partial charge in [0, 0.05) is 18.0 Å². The van der Waals surface area contributed by atoms with Crippen molar-refractivity contribution in [1.29, 1.82) is 0 Å². The van der Waals surface area contributed by atoms with Gasteiger partial charge >= 0.3 is 0 Å². The fraction of sp³-hybridized carbons (Fsp3) is 0.478. The van der Waals surface area contributed by atoms with Crippen LogP contribution in [0.5, 0.6) is 0 Å². The monoisotopic (exact) mass is 466 g/mol. The normalized spacial score (nSPS) is 16.1. The molecule has 30 heavy (non-hydrogen) atoms. The summed E-state index contributed by atoms with van der Waals surface area (Å²) >= 11 is 13.5. The van der Waals surface area contributed by atoms with Crippen LogP contribution in [0.2, 0.25) is 0 Å². The SMILES string of the molecule is Cc1ccccc1C1c2ccsc2CCN1C(=O)CN(CCC(C)C)C(=O)C(Cl)Cl. The van der Waals surface area contributed by atoms with Crippen LogP contribution in [0.25, 0.3) is 0 Å². The summed E-state index contributed by atoms with van der Waals surface area (Å²) in [6.07, 6.45) is 1.62. The third kappa shape index (κ3) is 5.19. The van der Waals surface area contributed by atoms with Crippen molar-refractivity contribution in [3.8, 4) is 0 Å². The highest BCUT2D eigenvalue weighted by Gasteiger charge is 2.35. The van der Waals surface area contributed by atoms with Crippen molar-refractivity contribution < 1.29 is 9.59 Å². The molecule has 0 N–H and O–H groups in total. The molecule has 1 aromatic heterocycles. The van der Waals surface area contributed by atoms with Crippen LogP contribution in [0, 0.1) is 12.8 Å². The fourth-order valence-corrected chi connectivity index (χ4v) is 5.07. The standard InChI is InChI=1S/C23H28Cl2N2O2S/c1-15(2)8-11-26(23(29)22(24)25)14-20(28)27-12-9-19-18(10-13-30-19)21(27)17-7-5-4-6-16(17)3/h4-7,10,13,15,21-22H,8-9,11-12,14H2,1-3H3. The zero-order valence-electron chi connectivity index (χ0n) is 17.6. The van der Waals surface area contributed by atoms with E-state index in [0.717, 1.165) is 24.0 Å². The van der Waals surface area contributed by atoms with Crippen LogP contribution in [-0.4, -0.2) is 46.1 Å². The Bertz CT molecular complexity index is 897. The molecule has 7 heteroatoms. The number of nitrogens with zero attached hydrogens (tertiary/aromatic N) is 2. The Morgan fingerprint density at radius 3 is 2.60 bits per heavy atom. The largest absolute Gasteiger partial charge is 0.331 e. The molecule has 1 aliphatic heterocycles. The summed E-state index contributed by atoms with van der Waals surface area (Å²) in [4.78, 5) is 29.6. The molecule has 162 valence electrons. The van der Waals surface area contributed by atoms with Crippen LogP contribution < -0.4 is 0 Å². The first-order valence-electron chi connectivity index (χ1n) is 10.3. The van der Waals surface area contributed by atoms with Crippen molar-refractivity contribution in [3.05, 3.63) is 57.3 Å². The maximum atomic E-state index is 13.5. The molecule has 3 rings (SSSR count). The van der Waals surface area contributed by atoms with Gasteiger partial charge < -0.3 is 9.80 Å². The van der Waals surface area contributed by atoms with Crippen LogP contribution in [0.15, 0.2) is 35.7 Å². The zero-order valence-corrected chi connectivity index (χ0v) is 19.9. The summed E-state index contributed by atoms with van der Waals surface area (Å²) in [5, 5.41) is 2.09. The highest BCUT2D eigenvalue weighted by Crippen LogP contribution is 2.39. The van der Waals surface area contributed by atoms with Gasteiger partial charge in [-0.15, -0.1) is 11.3 Å². The molecule has 4 nitrogen and oxygen atoms in total. The molecule has 2 amide bonds. The number of aryl methyl sites for hydroxylation is 1. The summed E-state index contributed by atoms with van der Waals surface area (Å²) in [7, 11) is 0. The molecular formula is C23H28Cl2N2O2S. The van der Waals surface area contributed by atoms with Crippen molar-refractivity contribution in [2.45, 2.75) is 44.5 Å². The van der Waals surface area contributed by atoms with Crippen molar-refractivity contribution in [2.24, 2.45) is 5.92 Å². The smallest absolute Gasteiger partial charge is 0.256 e. The van der Waals surface area contributed by atoms with Crippen molar-refractivity contribution in [2.75, 3.05) is 19.6 Å². The highest BCUT2D eigenvalue weighted by atomic mass is 35.5. The van der Waals surface area contributed by atoms with Gasteiger partial charge in [0.05, 0.1) is 12.6 Å². The Hall–Kier alpha value is -1.56. The van der Waals surface area contributed by atoms with Crippen LogP contribution in [-0.2, 0) is 16.0 Å². The van der Waals surface area contributed by atoms with Gasteiger partial charge in [0.25, 0.3) is 5.91 Å². The molecule has 1 aliphatic rings. The minimum atomic E-state index is -1.16. The number of halogens is 2. The predicted molar refractivity (Wildman–Crippen MR) is 124 cm³/mol. The molecule has 0 fully saturated rings. The van der Waals surface area contributed by atoms with Crippen LogP contribution >= 0.6 is 34.5 Å². The summed E-state index contributed by atoms with van der Waals surface area (Å²) in [5.74, 6) is -0.0817. The third-order valence-electron chi connectivity index (χ3n) is 5.57. The predicted octanol–water partition coefficient (Wildman–Crippen LogP) is 5.21. The van der Waals surface area contributed by atoms with Crippen molar-refractivity contribution in [3.63, 3.8) is 0 Å². The van der Waals surface area contributed by atoms with Gasteiger partial charge in [0.15, 0.2) is 4.84 Å². The number of fused-ring (bicyclic) bond motifs is 1. The van der Waals surface area contributed by atoms with E-state index in [1.807, 2.05) is 17.0 Å². The second kappa shape index (κ2) is 10.2. The number of carbonyl (C=O) groups is 2. The quantitative estimate of drug-likeness (QED) is 0.525. The van der Waals surface area contributed by atoms with Gasteiger partial charge in [0.1, 0.15) is 0 Å². The van der Waals surface area contributed by atoms with Gasteiger partial charge in [-0.1, -0.05) is 61.3 Å². The van der Waals surface area contributed by atoms with Gasteiger partial charge in [-0.25, -0.2) is 0 Å². The second-order valence-electron chi connectivity index (χ2n) is 8.14. The molecule has 2 aromatic rings. The minimum Gasteiger partial charge on any atom is -0.331 e. The topological polar surface area (TPSA) is 40.6 Å². The number of benzene rings is 1. The lowest BCUT2D eigenvalue weighted by Crippen LogP contribution is -2.48. The van der Waals surface area contributed by atoms with E-state index < -0.39 is 10.7 Å². The van der Waals surface area contributed by atoms with Crippen LogP contribution in [0.1, 0.15) is 47.9 Å². The van der Waals surface area contributed by atoms with Crippen LogP contribution in [0.3, 0.4) is 0 Å². The van der Waals surface area contributed by atoms with E-state index in [-0.39, 0.29) is 18.5 Å². The summed E-state index contributed by atoms with van der Waals surface area (Å²) in [6, 6.07) is 10.2. The molecule has 0 aliphatic carbocycles. The lowest BCUT2D eigenvalue weighted by atomic mass is 9.90. The summed E-state index contributed by atoms with van der Waals surface area (Å²) in [5.41, 5.74) is 3.45. The Morgan fingerprint density at radius 1 is 1.20 bits per heavy atom. The van der Waals surface area contributed by atoms with Crippen molar-refractivity contribution in [1.82, 2.24) is 9.80 Å². The van der Waals surface area contributed by atoms with E-state index in [4.69, 9.17) is 23.2 Å². The number of alkyl halides is 2. The molecular weight excluding hydrogens is 439 g/mol. The first-order valence-corrected chi connectivity index (χ1v) is 12.0. The Balaban J connectivity index is 1.89. The van der Waals surface area contributed by atoms with E-state index >= 15 is 0 Å². The lowest BCUT2D eigenvalue weighted by molar-refractivity contribution is -0.141. The number of carbonyl (C=O) groups excluding carboxylic acids is 2. The third-order valence-corrected chi connectivity index (χ3v) is 6.94. The van der Waals surface area contributed by atoms with Gasteiger partial charge in [-0.2, -0.15) is 0 Å². The molecule has 0 saturated carbocycles. The molecule has 0 bridgehead atoms. The molecule has 1 atom stereocenters. The number of hydrogen-bond acceptors (Lipinski definition) is 3. The fourth-order valence-electron chi connectivity index (χ4n) is 3.89.